The van der Waals surface area contributed by atoms with Gasteiger partial charge >= 0.3 is 0 Å². The minimum Gasteiger partial charge on any atom is -0.395 e. The van der Waals surface area contributed by atoms with Crippen molar-refractivity contribution in [1.82, 2.24) is 10.2 Å². The van der Waals surface area contributed by atoms with Crippen molar-refractivity contribution in [2.75, 3.05) is 38.8 Å². The van der Waals surface area contributed by atoms with Crippen LogP contribution >= 0.6 is 11.8 Å². The molecule has 0 saturated carbocycles. The molecule has 0 aromatic rings. The number of aliphatic hydroxyl groups is 1. The van der Waals surface area contributed by atoms with Crippen molar-refractivity contribution in [2.45, 2.75) is 13.0 Å². The number of thioether (sulfide) groups is 1. The van der Waals surface area contributed by atoms with Crippen LogP contribution in [0, 0.1) is 0 Å². The first kappa shape index (κ1) is 13.7. The van der Waals surface area contributed by atoms with Crippen LogP contribution < -0.4 is 5.32 Å². The smallest absolute Gasteiger partial charge is 0.234 e. The molecule has 0 rings (SSSR count). The third-order valence-electron chi connectivity index (χ3n) is 1.99. The van der Waals surface area contributed by atoms with Crippen molar-refractivity contribution in [3.05, 3.63) is 0 Å². The van der Waals surface area contributed by atoms with E-state index in [1.165, 1.54) is 0 Å². The van der Waals surface area contributed by atoms with Gasteiger partial charge in [-0.2, -0.15) is 11.8 Å². The van der Waals surface area contributed by atoms with E-state index in [1.807, 2.05) is 11.9 Å². The van der Waals surface area contributed by atoms with E-state index in [0.717, 1.165) is 5.75 Å². The van der Waals surface area contributed by atoms with Gasteiger partial charge in [0.1, 0.15) is 0 Å². The maximum Gasteiger partial charge on any atom is 0.234 e. The van der Waals surface area contributed by atoms with Crippen molar-refractivity contribution in [3.8, 4) is 0 Å². The molecule has 0 spiro atoms. The van der Waals surface area contributed by atoms with E-state index in [2.05, 4.69) is 18.5 Å². The largest absolute Gasteiger partial charge is 0.395 e. The van der Waals surface area contributed by atoms with Gasteiger partial charge in [-0.05, 0) is 20.2 Å². The van der Waals surface area contributed by atoms with Gasteiger partial charge in [-0.3, -0.25) is 9.69 Å². The molecule has 0 aromatic heterocycles. The number of nitrogens with one attached hydrogen (secondary N) is 1. The average Bonchev–Trinajstić information content (AvgIpc) is 2.15. The summed E-state index contributed by atoms with van der Waals surface area (Å²) >= 11 is 1.77. The van der Waals surface area contributed by atoms with Crippen LogP contribution in [-0.4, -0.2) is 60.7 Å². The summed E-state index contributed by atoms with van der Waals surface area (Å²) in [5, 5.41) is 11.1. The summed E-state index contributed by atoms with van der Waals surface area (Å²) < 4.78 is 0. The third-order valence-corrected chi connectivity index (χ3v) is 2.80. The molecule has 5 heteroatoms. The van der Waals surface area contributed by atoms with Crippen molar-refractivity contribution >= 4 is 17.7 Å². The van der Waals surface area contributed by atoms with Gasteiger partial charge in [0.05, 0.1) is 13.2 Å². The number of aliphatic hydroxyl groups excluding tert-OH is 1. The van der Waals surface area contributed by atoms with Gasteiger partial charge in [-0.25, -0.2) is 0 Å². The lowest BCUT2D eigenvalue weighted by Gasteiger charge is -2.23. The minimum absolute atomic E-state index is 0.00415. The average molecular weight is 220 g/mol. The monoisotopic (exact) mass is 220 g/mol. The Kier molecular flexibility index (Phi) is 7.93. The van der Waals surface area contributed by atoms with E-state index < -0.39 is 0 Å². The number of carbonyl (C=O) groups excluding carboxylic acids is 1. The molecule has 14 heavy (non-hydrogen) atoms. The first-order valence-electron chi connectivity index (χ1n) is 4.68. The van der Waals surface area contributed by atoms with Crippen molar-refractivity contribution < 1.29 is 9.90 Å². The zero-order valence-corrected chi connectivity index (χ0v) is 9.93. The summed E-state index contributed by atoms with van der Waals surface area (Å²) in [5.74, 6) is 0.985. The first-order chi connectivity index (χ1) is 6.61. The molecule has 0 saturated heterocycles. The topological polar surface area (TPSA) is 52.6 Å². The maximum absolute atomic E-state index is 11.3. The predicted octanol–water partition coefficient (Wildman–Crippen LogP) is -0.222. The Morgan fingerprint density at radius 2 is 2.29 bits per heavy atom. The highest BCUT2D eigenvalue weighted by Crippen LogP contribution is 2.02. The Bertz CT molecular complexity index is 167. The van der Waals surface area contributed by atoms with Crippen molar-refractivity contribution in [2.24, 2.45) is 0 Å². The molecular formula is C9H20N2O2S. The molecule has 0 aliphatic rings. The lowest BCUT2D eigenvalue weighted by atomic mass is 10.3. The van der Waals surface area contributed by atoms with Crippen LogP contribution in [0.4, 0.5) is 0 Å². The highest BCUT2D eigenvalue weighted by Gasteiger charge is 2.11. The highest BCUT2D eigenvalue weighted by atomic mass is 32.2. The van der Waals surface area contributed by atoms with Gasteiger partial charge in [-0.15, -0.1) is 0 Å². The number of amides is 1. The van der Waals surface area contributed by atoms with Crippen LogP contribution in [0.15, 0.2) is 0 Å². The zero-order valence-electron chi connectivity index (χ0n) is 9.12. The molecule has 0 aliphatic heterocycles. The maximum atomic E-state index is 11.3. The second-order valence-corrected chi connectivity index (χ2v) is 4.20. The quantitative estimate of drug-likeness (QED) is 0.623. The number of carbonyl (C=O) groups is 1. The van der Waals surface area contributed by atoms with E-state index in [-0.39, 0.29) is 12.5 Å². The Labute approximate surface area is 90.0 Å². The lowest BCUT2D eigenvalue weighted by Crippen LogP contribution is -2.41. The molecule has 0 fully saturated rings. The number of rotatable bonds is 7. The zero-order chi connectivity index (χ0) is 11.0. The minimum atomic E-state index is -0.0329. The van der Waals surface area contributed by atoms with Crippen LogP contribution in [0.5, 0.6) is 0 Å². The predicted molar refractivity (Wildman–Crippen MR) is 60.6 cm³/mol. The fraction of sp³-hybridized carbons (Fsp3) is 0.889. The van der Waals surface area contributed by atoms with Gasteiger partial charge in [0.2, 0.25) is 5.91 Å². The first-order valence-corrected chi connectivity index (χ1v) is 6.08. The van der Waals surface area contributed by atoms with Crippen molar-refractivity contribution in [1.29, 1.82) is 0 Å². The Balaban J connectivity index is 3.69. The molecule has 0 heterocycles. The van der Waals surface area contributed by atoms with E-state index in [1.54, 1.807) is 11.8 Å². The number of hydrogen-bond acceptors (Lipinski definition) is 4. The summed E-state index contributed by atoms with van der Waals surface area (Å²) in [4.78, 5) is 13.3. The van der Waals surface area contributed by atoms with E-state index in [0.29, 0.717) is 19.1 Å². The lowest BCUT2D eigenvalue weighted by molar-refractivity contribution is -0.122. The molecule has 1 atom stereocenters. The molecule has 0 radical (unpaired) electrons. The molecular weight excluding hydrogens is 200 g/mol. The highest BCUT2D eigenvalue weighted by molar-refractivity contribution is 7.98. The summed E-state index contributed by atoms with van der Waals surface area (Å²) in [5.41, 5.74) is 0. The second-order valence-electron chi connectivity index (χ2n) is 3.29. The van der Waals surface area contributed by atoms with Crippen LogP contribution in [0.25, 0.3) is 0 Å². The Morgan fingerprint density at radius 1 is 1.64 bits per heavy atom. The van der Waals surface area contributed by atoms with Crippen LogP contribution in [0.2, 0.25) is 0 Å². The molecule has 0 aliphatic carbocycles. The number of hydrogen-bond donors (Lipinski definition) is 2. The molecule has 1 unspecified atom stereocenters. The number of nitrogens with zero attached hydrogens (tertiary/aromatic N) is 1. The van der Waals surface area contributed by atoms with Gasteiger partial charge in [-0.1, -0.05) is 0 Å². The van der Waals surface area contributed by atoms with E-state index in [9.17, 15) is 4.79 Å². The fourth-order valence-electron chi connectivity index (χ4n) is 1.00. The van der Waals surface area contributed by atoms with Crippen molar-refractivity contribution in [3.63, 3.8) is 0 Å². The van der Waals surface area contributed by atoms with Crippen LogP contribution in [-0.2, 0) is 4.79 Å². The summed E-state index contributed by atoms with van der Waals surface area (Å²) in [6, 6.07) is 0.393. The van der Waals surface area contributed by atoms with Gasteiger partial charge in [0.25, 0.3) is 0 Å². The third kappa shape index (κ3) is 6.23. The summed E-state index contributed by atoms with van der Waals surface area (Å²) in [6.45, 7) is 2.82. The van der Waals surface area contributed by atoms with Crippen LogP contribution in [0.3, 0.4) is 0 Å². The standard InChI is InChI=1S/C9H20N2O2S/c1-8(7-14-3)11(2)6-9(13)10-4-5-12/h8,12H,4-7H2,1-3H3,(H,10,13). The fourth-order valence-corrected chi connectivity index (χ4v) is 1.74. The normalized spacial score (nSPS) is 12.9. The SMILES string of the molecule is CSCC(C)N(C)CC(=O)NCCO. The van der Waals surface area contributed by atoms with Gasteiger partial charge in [0.15, 0.2) is 0 Å². The Hall–Kier alpha value is -0.260. The molecule has 1 amide bonds. The Morgan fingerprint density at radius 3 is 2.79 bits per heavy atom. The van der Waals surface area contributed by atoms with Crippen LogP contribution in [0.1, 0.15) is 6.92 Å². The number of likely N-dealkylation sites (N-methyl/N-ethyl adjacent to an activating group) is 1. The molecule has 2 N–H and O–H groups in total. The molecule has 84 valence electrons. The molecule has 0 aromatic carbocycles. The van der Waals surface area contributed by atoms with E-state index in [4.69, 9.17) is 5.11 Å². The summed E-state index contributed by atoms with van der Waals surface area (Å²) in [7, 11) is 1.93. The van der Waals surface area contributed by atoms with Gasteiger partial charge in [0, 0.05) is 18.3 Å². The molecule has 4 nitrogen and oxygen atoms in total. The molecule has 0 bridgehead atoms. The van der Waals surface area contributed by atoms with E-state index >= 15 is 0 Å². The van der Waals surface area contributed by atoms with Gasteiger partial charge < -0.3 is 10.4 Å². The second kappa shape index (κ2) is 8.08. The summed E-state index contributed by atoms with van der Waals surface area (Å²) in [6.07, 6.45) is 2.05.